The Hall–Kier alpha value is -1.65. The van der Waals surface area contributed by atoms with Crippen LogP contribution in [0.15, 0.2) is 30.3 Å². The molecule has 110 valence electrons. The second-order valence-corrected chi connectivity index (χ2v) is 6.88. The highest BCUT2D eigenvalue weighted by Crippen LogP contribution is 2.20. The summed E-state index contributed by atoms with van der Waals surface area (Å²) in [4.78, 5) is 7.41. The molecule has 0 aliphatic rings. The summed E-state index contributed by atoms with van der Waals surface area (Å²) in [5.74, 6) is 1.08. The van der Waals surface area contributed by atoms with E-state index in [4.69, 9.17) is 0 Å². The Morgan fingerprint density at radius 2 is 2.00 bits per heavy atom. The first-order valence-corrected chi connectivity index (χ1v) is 8.15. The highest BCUT2D eigenvalue weighted by atomic mass is 32.1. The Balaban J connectivity index is 1.62. The van der Waals surface area contributed by atoms with E-state index >= 15 is 0 Å². The third-order valence-corrected chi connectivity index (χ3v) is 4.83. The molecule has 3 rings (SSSR count). The molecule has 0 aliphatic carbocycles. The molecule has 0 saturated heterocycles. The number of aryl methyl sites for hydroxylation is 3. The van der Waals surface area contributed by atoms with Crippen LogP contribution in [-0.2, 0) is 13.1 Å². The van der Waals surface area contributed by atoms with Gasteiger partial charge in [-0.25, -0.2) is 4.98 Å². The predicted molar refractivity (Wildman–Crippen MR) is 90.0 cm³/mol. The lowest BCUT2D eigenvalue weighted by atomic mass is 10.2. The SMILES string of the molecule is Cc1cc(CNCCn2c(C)nc3ccccc32)c(C)s1. The molecular formula is C17H21N3S. The van der Waals surface area contributed by atoms with Crippen molar-refractivity contribution in [1.29, 1.82) is 0 Å². The van der Waals surface area contributed by atoms with Crippen LogP contribution in [0.25, 0.3) is 11.0 Å². The fraction of sp³-hybridized carbons (Fsp3) is 0.353. The minimum Gasteiger partial charge on any atom is -0.327 e. The highest BCUT2D eigenvalue weighted by Gasteiger charge is 2.06. The van der Waals surface area contributed by atoms with Gasteiger partial charge in [-0.05, 0) is 44.5 Å². The summed E-state index contributed by atoms with van der Waals surface area (Å²) in [7, 11) is 0. The lowest BCUT2D eigenvalue weighted by molar-refractivity contribution is 0.597. The highest BCUT2D eigenvalue weighted by molar-refractivity contribution is 7.12. The summed E-state index contributed by atoms with van der Waals surface area (Å²) in [6.45, 7) is 9.29. The van der Waals surface area contributed by atoms with Gasteiger partial charge in [-0.15, -0.1) is 11.3 Å². The van der Waals surface area contributed by atoms with Crippen molar-refractivity contribution in [2.75, 3.05) is 6.54 Å². The average Bonchev–Trinajstić information content (AvgIpc) is 2.94. The van der Waals surface area contributed by atoms with Crippen LogP contribution in [0, 0.1) is 20.8 Å². The van der Waals surface area contributed by atoms with E-state index < -0.39 is 0 Å². The van der Waals surface area contributed by atoms with E-state index in [0.29, 0.717) is 0 Å². The fourth-order valence-electron chi connectivity index (χ4n) is 2.75. The maximum absolute atomic E-state index is 4.60. The zero-order valence-electron chi connectivity index (χ0n) is 12.8. The Bertz CT molecular complexity index is 755. The number of thiophene rings is 1. The zero-order valence-corrected chi connectivity index (χ0v) is 13.6. The van der Waals surface area contributed by atoms with Crippen molar-refractivity contribution in [3.8, 4) is 0 Å². The molecule has 0 atom stereocenters. The molecule has 1 aromatic carbocycles. The molecule has 0 bridgehead atoms. The van der Waals surface area contributed by atoms with Gasteiger partial charge < -0.3 is 9.88 Å². The van der Waals surface area contributed by atoms with Gasteiger partial charge in [0.1, 0.15) is 5.82 Å². The molecule has 0 fully saturated rings. The van der Waals surface area contributed by atoms with E-state index in [9.17, 15) is 0 Å². The second kappa shape index (κ2) is 6.00. The molecule has 0 unspecified atom stereocenters. The predicted octanol–water partition coefficient (Wildman–Crippen LogP) is 3.81. The summed E-state index contributed by atoms with van der Waals surface area (Å²) in [5.41, 5.74) is 3.73. The first-order chi connectivity index (χ1) is 10.1. The number of hydrogen-bond acceptors (Lipinski definition) is 3. The molecule has 3 aromatic rings. The number of fused-ring (bicyclic) bond motifs is 1. The molecule has 4 heteroatoms. The lowest BCUT2D eigenvalue weighted by Gasteiger charge is -2.08. The molecular weight excluding hydrogens is 278 g/mol. The van der Waals surface area contributed by atoms with Crippen molar-refractivity contribution in [1.82, 2.24) is 14.9 Å². The second-order valence-electron chi connectivity index (χ2n) is 5.41. The molecule has 0 aliphatic heterocycles. The van der Waals surface area contributed by atoms with Crippen molar-refractivity contribution in [3.63, 3.8) is 0 Å². The summed E-state index contributed by atoms with van der Waals surface area (Å²) >= 11 is 1.87. The molecule has 21 heavy (non-hydrogen) atoms. The van der Waals surface area contributed by atoms with Crippen molar-refractivity contribution in [2.45, 2.75) is 33.9 Å². The van der Waals surface area contributed by atoms with E-state index in [1.165, 1.54) is 20.8 Å². The maximum atomic E-state index is 4.60. The summed E-state index contributed by atoms with van der Waals surface area (Å²) in [6, 6.07) is 10.6. The third-order valence-electron chi connectivity index (χ3n) is 3.82. The smallest absolute Gasteiger partial charge is 0.106 e. The number of benzene rings is 1. The number of rotatable bonds is 5. The number of nitrogens with zero attached hydrogens (tertiary/aromatic N) is 2. The van der Waals surface area contributed by atoms with Crippen LogP contribution in [0.1, 0.15) is 21.1 Å². The largest absolute Gasteiger partial charge is 0.327 e. The number of nitrogens with one attached hydrogen (secondary N) is 1. The quantitative estimate of drug-likeness (QED) is 0.726. The molecule has 2 heterocycles. The number of aromatic nitrogens is 2. The third kappa shape index (κ3) is 3.01. The summed E-state index contributed by atoms with van der Waals surface area (Å²) in [6.07, 6.45) is 0. The van der Waals surface area contributed by atoms with Crippen LogP contribution in [-0.4, -0.2) is 16.1 Å². The van der Waals surface area contributed by atoms with Crippen molar-refractivity contribution < 1.29 is 0 Å². The molecule has 2 aromatic heterocycles. The Labute approximate surface area is 129 Å². The normalized spacial score (nSPS) is 11.4. The van der Waals surface area contributed by atoms with Crippen molar-refractivity contribution in [3.05, 3.63) is 51.5 Å². The molecule has 0 saturated carbocycles. The van der Waals surface area contributed by atoms with Gasteiger partial charge in [0.2, 0.25) is 0 Å². The molecule has 0 radical (unpaired) electrons. The van der Waals surface area contributed by atoms with Crippen LogP contribution >= 0.6 is 11.3 Å². The van der Waals surface area contributed by atoms with Gasteiger partial charge in [0, 0.05) is 29.4 Å². The lowest BCUT2D eigenvalue weighted by Crippen LogP contribution is -2.20. The van der Waals surface area contributed by atoms with E-state index in [1.54, 1.807) is 0 Å². The average molecular weight is 299 g/mol. The Kier molecular flexibility index (Phi) is 4.08. The van der Waals surface area contributed by atoms with Gasteiger partial charge in [-0.1, -0.05) is 12.1 Å². The first kappa shape index (κ1) is 14.3. The van der Waals surface area contributed by atoms with E-state index in [0.717, 1.165) is 31.0 Å². The van der Waals surface area contributed by atoms with Crippen molar-refractivity contribution >= 4 is 22.4 Å². The van der Waals surface area contributed by atoms with Gasteiger partial charge in [0.05, 0.1) is 11.0 Å². The zero-order chi connectivity index (χ0) is 14.8. The molecule has 3 nitrogen and oxygen atoms in total. The van der Waals surface area contributed by atoms with E-state index in [2.05, 4.69) is 59.9 Å². The number of imidazole rings is 1. The topological polar surface area (TPSA) is 29.9 Å². The van der Waals surface area contributed by atoms with Crippen molar-refractivity contribution in [2.24, 2.45) is 0 Å². The van der Waals surface area contributed by atoms with Gasteiger partial charge in [0.15, 0.2) is 0 Å². The molecule has 1 N–H and O–H groups in total. The minimum atomic E-state index is 0.946. The van der Waals surface area contributed by atoms with Gasteiger partial charge in [-0.3, -0.25) is 0 Å². The fourth-order valence-corrected chi connectivity index (χ4v) is 3.70. The van der Waals surface area contributed by atoms with Crippen LogP contribution < -0.4 is 5.32 Å². The van der Waals surface area contributed by atoms with Gasteiger partial charge in [0.25, 0.3) is 0 Å². The van der Waals surface area contributed by atoms with Crippen LogP contribution in [0.3, 0.4) is 0 Å². The first-order valence-electron chi connectivity index (χ1n) is 7.33. The van der Waals surface area contributed by atoms with E-state index in [1.807, 2.05) is 17.4 Å². The van der Waals surface area contributed by atoms with Crippen LogP contribution in [0.5, 0.6) is 0 Å². The van der Waals surface area contributed by atoms with E-state index in [-0.39, 0.29) is 0 Å². The molecule has 0 amide bonds. The van der Waals surface area contributed by atoms with Crippen LogP contribution in [0.4, 0.5) is 0 Å². The van der Waals surface area contributed by atoms with Gasteiger partial charge >= 0.3 is 0 Å². The number of hydrogen-bond donors (Lipinski definition) is 1. The monoisotopic (exact) mass is 299 g/mol. The van der Waals surface area contributed by atoms with Gasteiger partial charge in [-0.2, -0.15) is 0 Å². The maximum Gasteiger partial charge on any atom is 0.106 e. The summed E-state index contributed by atoms with van der Waals surface area (Å²) < 4.78 is 2.29. The Morgan fingerprint density at radius 1 is 1.19 bits per heavy atom. The summed E-state index contributed by atoms with van der Waals surface area (Å²) in [5, 5.41) is 3.54. The number of para-hydroxylation sites is 2. The van der Waals surface area contributed by atoms with Crippen LogP contribution in [0.2, 0.25) is 0 Å². The Morgan fingerprint density at radius 3 is 2.76 bits per heavy atom. The minimum absolute atomic E-state index is 0.946. The standard InChI is InChI=1S/C17H21N3S/c1-12-10-15(13(2)21-12)11-18-8-9-20-14(3)19-16-6-4-5-7-17(16)20/h4-7,10,18H,8-9,11H2,1-3H3. The molecule has 0 spiro atoms.